The zero-order valence-electron chi connectivity index (χ0n) is 12.2. The highest BCUT2D eigenvalue weighted by atomic mass is 16.4. The van der Waals surface area contributed by atoms with Gasteiger partial charge in [0.05, 0.1) is 0 Å². The Morgan fingerprint density at radius 2 is 2.10 bits per heavy atom. The number of carbonyl (C=O) groups excluding carboxylic acids is 1. The lowest BCUT2D eigenvalue weighted by Gasteiger charge is -2.44. The molecule has 0 aromatic carbocycles. The lowest BCUT2D eigenvalue weighted by Crippen LogP contribution is -2.59. The molecule has 2 aliphatic rings. The maximum Gasteiger partial charge on any atom is 0.326 e. The second-order valence-corrected chi connectivity index (χ2v) is 5.76. The molecule has 2 amide bonds. The van der Waals surface area contributed by atoms with E-state index < -0.39 is 12.0 Å². The van der Waals surface area contributed by atoms with Crippen LogP contribution in [0.1, 0.15) is 39.0 Å². The fourth-order valence-corrected chi connectivity index (χ4v) is 3.13. The fraction of sp³-hybridized carbons (Fsp3) is 0.857. The van der Waals surface area contributed by atoms with Crippen LogP contribution < -0.4 is 5.32 Å². The van der Waals surface area contributed by atoms with Crippen LogP contribution in [0, 0.1) is 0 Å². The summed E-state index contributed by atoms with van der Waals surface area (Å²) in [6.45, 7) is 5.38. The minimum atomic E-state index is -0.948. The van der Waals surface area contributed by atoms with E-state index in [1.54, 1.807) is 4.90 Å². The van der Waals surface area contributed by atoms with Gasteiger partial charge < -0.3 is 15.3 Å². The molecule has 2 fully saturated rings. The number of aliphatic carboxylic acids is 1. The molecule has 2 saturated heterocycles. The predicted molar refractivity (Wildman–Crippen MR) is 75.6 cm³/mol. The molecule has 1 unspecified atom stereocenters. The molecule has 0 aromatic rings. The van der Waals surface area contributed by atoms with E-state index in [1.807, 2.05) is 6.92 Å². The van der Waals surface area contributed by atoms with Crippen molar-refractivity contribution >= 4 is 12.0 Å². The minimum Gasteiger partial charge on any atom is -0.480 e. The first-order valence-electron chi connectivity index (χ1n) is 7.64. The summed E-state index contributed by atoms with van der Waals surface area (Å²) in [4.78, 5) is 27.5. The number of nitrogens with zero attached hydrogens (tertiary/aromatic N) is 2. The standard InChI is InChI=1S/C14H25N3O3/c1-2-5-12(13(18)19)15-14(20)17-9-8-16-7-4-3-6-11(16)10-17/h11-12H,2-10H2,1H3,(H,15,20)(H,18,19)/t11?,12-/m0/s1. The van der Waals surface area contributed by atoms with Gasteiger partial charge in [-0.3, -0.25) is 4.90 Å². The molecule has 0 spiro atoms. The summed E-state index contributed by atoms with van der Waals surface area (Å²) in [7, 11) is 0. The highest BCUT2D eigenvalue weighted by molar-refractivity contribution is 5.82. The fourth-order valence-electron chi connectivity index (χ4n) is 3.13. The van der Waals surface area contributed by atoms with Gasteiger partial charge in [0.2, 0.25) is 0 Å². The molecule has 2 rings (SSSR count). The molecule has 2 atom stereocenters. The summed E-state index contributed by atoms with van der Waals surface area (Å²) >= 11 is 0. The summed E-state index contributed by atoms with van der Waals surface area (Å²) in [5.74, 6) is -0.948. The second kappa shape index (κ2) is 6.92. The molecule has 6 nitrogen and oxygen atoms in total. The van der Waals surface area contributed by atoms with Gasteiger partial charge in [0, 0.05) is 25.7 Å². The lowest BCUT2D eigenvalue weighted by atomic mass is 10.00. The topological polar surface area (TPSA) is 72.9 Å². The number of piperazine rings is 1. The normalized spacial score (nSPS) is 24.9. The Hall–Kier alpha value is -1.30. The van der Waals surface area contributed by atoms with E-state index in [-0.39, 0.29) is 6.03 Å². The molecule has 0 radical (unpaired) electrons. The average Bonchev–Trinajstić information content (AvgIpc) is 2.46. The van der Waals surface area contributed by atoms with Gasteiger partial charge in [-0.15, -0.1) is 0 Å². The number of hydrogen-bond acceptors (Lipinski definition) is 3. The number of carbonyl (C=O) groups is 2. The highest BCUT2D eigenvalue weighted by Crippen LogP contribution is 2.21. The van der Waals surface area contributed by atoms with Crippen molar-refractivity contribution in [2.75, 3.05) is 26.2 Å². The Bertz CT molecular complexity index is 362. The molecule has 2 heterocycles. The average molecular weight is 283 g/mol. The van der Waals surface area contributed by atoms with Crippen molar-refractivity contribution in [3.05, 3.63) is 0 Å². The van der Waals surface area contributed by atoms with Gasteiger partial charge in [-0.1, -0.05) is 19.8 Å². The second-order valence-electron chi connectivity index (χ2n) is 5.76. The number of amides is 2. The summed E-state index contributed by atoms with van der Waals surface area (Å²) in [5, 5.41) is 11.7. The molecular formula is C14H25N3O3. The predicted octanol–water partition coefficient (Wildman–Crippen LogP) is 1.12. The third-order valence-electron chi connectivity index (χ3n) is 4.30. The van der Waals surface area contributed by atoms with Gasteiger partial charge in [0.25, 0.3) is 0 Å². The van der Waals surface area contributed by atoms with Gasteiger partial charge in [-0.2, -0.15) is 0 Å². The Labute approximate surface area is 120 Å². The van der Waals surface area contributed by atoms with E-state index in [1.165, 1.54) is 12.8 Å². The Balaban J connectivity index is 1.87. The summed E-state index contributed by atoms with van der Waals surface area (Å²) in [6.07, 6.45) is 4.84. The van der Waals surface area contributed by atoms with Gasteiger partial charge in [0.15, 0.2) is 0 Å². The molecule has 114 valence electrons. The van der Waals surface area contributed by atoms with Gasteiger partial charge in [-0.25, -0.2) is 9.59 Å². The summed E-state index contributed by atoms with van der Waals surface area (Å²) < 4.78 is 0. The van der Waals surface area contributed by atoms with Crippen LogP contribution in [0.3, 0.4) is 0 Å². The number of nitrogens with one attached hydrogen (secondary N) is 1. The van der Waals surface area contributed by atoms with Crippen LogP contribution in [0.5, 0.6) is 0 Å². The van der Waals surface area contributed by atoms with Crippen molar-refractivity contribution in [2.24, 2.45) is 0 Å². The smallest absolute Gasteiger partial charge is 0.326 e. The maximum absolute atomic E-state index is 12.2. The first kappa shape index (κ1) is 15.1. The van der Waals surface area contributed by atoms with Crippen LogP contribution >= 0.6 is 0 Å². The number of carboxylic acid groups (broad SMARTS) is 1. The van der Waals surface area contributed by atoms with E-state index in [2.05, 4.69) is 10.2 Å². The van der Waals surface area contributed by atoms with E-state index in [4.69, 9.17) is 5.11 Å². The van der Waals surface area contributed by atoms with E-state index in [0.717, 1.165) is 32.5 Å². The molecule has 0 bridgehead atoms. The van der Waals surface area contributed by atoms with E-state index in [0.29, 0.717) is 19.0 Å². The van der Waals surface area contributed by atoms with E-state index >= 15 is 0 Å². The zero-order valence-corrected chi connectivity index (χ0v) is 12.2. The Morgan fingerprint density at radius 3 is 2.80 bits per heavy atom. The van der Waals surface area contributed by atoms with Crippen molar-refractivity contribution in [2.45, 2.75) is 51.1 Å². The van der Waals surface area contributed by atoms with Crippen molar-refractivity contribution in [3.8, 4) is 0 Å². The minimum absolute atomic E-state index is 0.226. The van der Waals surface area contributed by atoms with Crippen molar-refractivity contribution < 1.29 is 14.7 Å². The van der Waals surface area contributed by atoms with Gasteiger partial charge >= 0.3 is 12.0 Å². The molecular weight excluding hydrogens is 258 g/mol. The third kappa shape index (κ3) is 3.62. The van der Waals surface area contributed by atoms with Crippen LogP contribution in [0.25, 0.3) is 0 Å². The van der Waals surface area contributed by atoms with Crippen LogP contribution in [0.15, 0.2) is 0 Å². The molecule has 6 heteroatoms. The number of rotatable bonds is 4. The molecule has 0 saturated carbocycles. The largest absolute Gasteiger partial charge is 0.480 e. The Morgan fingerprint density at radius 1 is 1.30 bits per heavy atom. The molecule has 2 N–H and O–H groups in total. The van der Waals surface area contributed by atoms with Crippen molar-refractivity contribution in [3.63, 3.8) is 0 Å². The van der Waals surface area contributed by atoms with Crippen LogP contribution in [-0.2, 0) is 4.79 Å². The zero-order chi connectivity index (χ0) is 14.5. The maximum atomic E-state index is 12.2. The molecule has 20 heavy (non-hydrogen) atoms. The summed E-state index contributed by atoms with van der Waals surface area (Å²) in [5.41, 5.74) is 0. The molecule has 0 aliphatic carbocycles. The number of hydrogen-bond donors (Lipinski definition) is 2. The SMILES string of the molecule is CCC[C@H](NC(=O)N1CCN2CCCCC2C1)C(=O)O. The number of piperidine rings is 1. The van der Waals surface area contributed by atoms with Crippen LogP contribution in [-0.4, -0.2) is 65.2 Å². The molecule has 0 aromatic heterocycles. The van der Waals surface area contributed by atoms with Crippen molar-refractivity contribution in [1.82, 2.24) is 15.1 Å². The van der Waals surface area contributed by atoms with Crippen LogP contribution in [0.2, 0.25) is 0 Å². The third-order valence-corrected chi connectivity index (χ3v) is 4.30. The number of carboxylic acids is 1. The van der Waals surface area contributed by atoms with E-state index in [9.17, 15) is 9.59 Å². The summed E-state index contributed by atoms with van der Waals surface area (Å²) in [6, 6.07) is -0.536. The Kier molecular flexibility index (Phi) is 5.23. The van der Waals surface area contributed by atoms with Crippen LogP contribution in [0.4, 0.5) is 4.79 Å². The lowest BCUT2D eigenvalue weighted by molar-refractivity contribution is -0.139. The molecule has 2 aliphatic heterocycles. The van der Waals surface area contributed by atoms with Gasteiger partial charge in [0.1, 0.15) is 6.04 Å². The monoisotopic (exact) mass is 283 g/mol. The van der Waals surface area contributed by atoms with Gasteiger partial charge in [-0.05, 0) is 25.8 Å². The van der Waals surface area contributed by atoms with Crippen molar-refractivity contribution in [1.29, 1.82) is 0 Å². The quantitative estimate of drug-likeness (QED) is 0.811. The first-order valence-corrected chi connectivity index (χ1v) is 7.64. The number of fused-ring (bicyclic) bond motifs is 1. The highest BCUT2D eigenvalue weighted by Gasteiger charge is 2.32. The number of urea groups is 1. The first-order chi connectivity index (χ1) is 9.61.